The molecule has 0 aliphatic heterocycles. The van der Waals surface area contributed by atoms with Gasteiger partial charge in [-0.2, -0.15) is 0 Å². The minimum atomic E-state index is -1.42. The molecule has 3 aromatic carbocycles. The molecule has 35 heavy (non-hydrogen) atoms. The Balaban J connectivity index is 1.80. The number of phenolic OH excluding ortho intramolecular Hbond substituents is 3. The molecule has 1 atom stereocenters. The lowest BCUT2D eigenvalue weighted by atomic mass is 10.0. The molecule has 0 fully saturated rings. The second-order valence-electron chi connectivity index (χ2n) is 8.21. The van der Waals surface area contributed by atoms with Gasteiger partial charge >= 0.3 is 5.97 Å². The fourth-order valence-electron chi connectivity index (χ4n) is 3.70. The van der Waals surface area contributed by atoms with Gasteiger partial charge in [0, 0.05) is 19.3 Å². The van der Waals surface area contributed by atoms with E-state index in [0.717, 1.165) is 16.0 Å². The molecule has 0 saturated carbocycles. The molecule has 0 bridgehead atoms. The number of amides is 2. The van der Waals surface area contributed by atoms with Crippen molar-refractivity contribution in [2.45, 2.75) is 38.1 Å². The molecule has 0 aliphatic carbocycles. The van der Waals surface area contributed by atoms with Crippen molar-refractivity contribution in [1.29, 1.82) is 0 Å². The first-order chi connectivity index (χ1) is 16.7. The highest BCUT2D eigenvalue weighted by Crippen LogP contribution is 2.19. The summed E-state index contributed by atoms with van der Waals surface area (Å²) in [5, 5.41) is 38.3. The van der Waals surface area contributed by atoms with E-state index in [1.165, 1.54) is 36.4 Å². The highest BCUT2D eigenvalue weighted by atomic mass is 16.4. The number of carboxylic acid groups (broad SMARTS) is 1. The van der Waals surface area contributed by atoms with Gasteiger partial charge in [0.2, 0.25) is 11.8 Å². The van der Waals surface area contributed by atoms with Gasteiger partial charge in [-0.05, 0) is 65.9 Å². The second-order valence-corrected chi connectivity index (χ2v) is 8.21. The summed E-state index contributed by atoms with van der Waals surface area (Å²) >= 11 is 0. The molecule has 0 heterocycles. The number of aromatic hydroxyl groups is 3. The Hall–Kier alpha value is -4.33. The van der Waals surface area contributed by atoms with Gasteiger partial charge in [0.25, 0.3) is 0 Å². The van der Waals surface area contributed by atoms with E-state index in [1.807, 2.05) is 0 Å². The van der Waals surface area contributed by atoms with Gasteiger partial charge < -0.3 is 20.4 Å². The second kappa shape index (κ2) is 11.7. The van der Waals surface area contributed by atoms with E-state index in [-0.39, 0.29) is 49.4 Å². The molecule has 4 N–H and O–H groups in total. The largest absolute Gasteiger partial charge is 0.508 e. The van der Waals surface area contributed by atoms with Crippen LogP contribution in [0, 0.1) is 0 Å². The Morgan fingerprint density at radius 3 is 1.29 bits per heavy atom. The lowest BCUT2D eigenvalue weighted by Gasteiger charge is -2.28. The molecular weight excluding hydrogens is 450 g/mol. The summed E-state index contributed by atoms with van der Waals surface area (Å²) in [7, 11) is 0. The number of hydrogen-bond donors (Lipinski definition) is 4. The summed E-state index contributed by atoms with van der Waals surface area (Å²) in [6.07, 6.45) is 0.258. The highest BCUT2D eigenvalue weighted by Gasteiger charge is 2.34. The zero-order valence-electron chi connectivity index (χ0n) is 19.0. The number of phenols is 3. The van der Waals surface area contributed by atoms with E-state index in [9.17, 15) is 34.8 Å². The van der Waals surface area contributed by atoms with Crippen molar-refractivity contribution in [2.24, 2.45) is 0 Å². The van der Waals surface area contributed by atoms with Crippen LogP contribution >= 0.6 is 0 Å². The van der Waals surface area contributed by atoms with Crippen molar-refractivity contribution < 1.29 is 34.8 Å². The zero-order valence-corrected chi connectivity index (χ0v) is 19.0. The average Bonchev–Trinajstić information content (AvgIpc) is 2.84. The van der Waals surface area contributed by atoms with Crippen LogP contribution in [0.5, 0.6) is 17.2 Å². The number of hydrogen-bond acceptors (Lipinski definition) is 6. The van der Waals surface area contributed by atoms with Gasteiger partial charge in [0.15, 0.2) is 0 Å². The third-order valence-electron chi connectivity index (χ3n) is 5.63. The molecule has 0 aliphatic rings. The van der Waals surface area contributed by atoms with Crippen LogP contribution in [-0.4, -0.2) is 49.2 Å². The molecule has 0 saturated heterocycles. The molecular formula is C27H27NO7. The van der Waals surface area contributed by atoms with E-state index in [1.54, 1.807) is 36.4 Å². The van der Waals surface area contributed by atoms with Gasteiger partial charge in [0.05, 0.1) is 0 Å². The third kappa shape index (κ3) is 7.33. The van der Waals surface area contributed by atoms with Crippen molar-refractivity contribution in [1.82, 2.24) is 4.90 Å². The maximum atomic E-state index is 13.2. The van der Waals surface area contributed by atoms with Crippen LogP contribution in [0.25, 0.3) is 0 Å². The van der Waals surface area contributed by atoms with Crippen LogP contribution in [0.15, 0.2) is 72.8 Å². The minimum Gasteiger partial charge on any atom is -0.508 e. The fourth-order valence-corrected chi connectivity index (χ4v) is 3.70. The van der Waals surface area contributed by atoms with Crippen molar-refractivity contribution in [3.05, 3.63) is 89.5 Å². The molecule has 0 spiro atoms. The summed E-state index contributed by atoms with van der Waals surface area (Å²) < 4.78 is 0. The zero-order chi connectivity index (χ0) is 25.4. The van der Waals surface area contributed by atoms with Crippen molar-refractivity contribution in [3.63, 3.8) is 0 Å². The number of carbonyl (C=O) groups is 3. The maximum Gasteiger partial charge on any atom is 0.327 e. The number of nitrogens with zero attached hydrogens (tertiary/aromatic N) is 1. The lowest BCUT2D eigenvalue weighted by Crippen LogP contribution is -2.50. The van der Waals surface area contributed by atoms with Crippen LogP contribution in [0.2, 0.25) is 0 Å². The van der Waals surface area contributed by atoms with Crippen LogP contribution in [0.4, 0.5) is 0 Å². The average molecular weight is 478 g/mol. The molecule has 0 radical (unpaired) electrons. The molecule has 3 aromatic rings. The first-order valence-corrected chi connectivity index (χ1v) is 11.1. The first kappa shape index (κ1) is 25.3. The molecule has 8 heteroatoms. The predicted octanol–water partition coefficient (Wildman–Crippen LogP) is 3.42. The molecule has 8 nitrogen and oxygen atoms in total. The quantitative estimate of drug-likeness (QED) is 0.351. The Morgan fingerprint density at radius 1 is 0.600 bits per heavy atom. The Morgan fingerprint density at radius 2 is 0.943 bits per heavy atom. The van der Waals surface area contributed by atoms with Crippen LogP contribution in [0.1, 0.15) is 29.5 Å². The van der Waals surface area contributed by atoms with Crippen LogP contribution in [0.3, 0.4) is 0 Å². The fraction of sp³-hybridized carbons (Fsp3) is 0.222. The highest BCUT2D eigenvalue weighted by molar-refractivity contribution is 5.99. The third-order valence-corrected chi connectivity index (χ3v) is 5.63. The molecule has 0 aromatic heterocycles. The maximum absolute atomic E-state index is 13.2. The number of imide groups is 1. The van der Waals surface area contributed by atoms with Gasteiger partial charge in [-0.15, -0.1) is 0 Å². The number of carboxylic acids is 1. The molecule has 0 unspecified atom stereocenters. The number of aliphatic carboxylic acids is 1. The minimum absolute atomic E-state index is 0.0208. The standard InChI is InChI=1S/C27H27NO7/c29-21-9-1-18(2-10-21)7-15-25(32)28(26(33)16-8-19-3-11-22(30)12-4-19)24(27(34)35)17-20-5-13-23(31)14-6-20/h1-6,9-14,24,29-31H,7-8,15-17H2,(H,34,35)/t24-/m0/s1. The summed E-state index contributed by atoms with van der Waals surface area (Å²) in [6.45, 7) is 0. The topological polar surface area (TPSA) is 135 Å². The SMILES string of the molecule is O=C(O)[C@H](Cc1ccc(O)cc1)N(C(=O)CCc1ccc(O)cc1)C(=O)CCc1ccc(O)cc1. The number of aryl methyl sites for hydroxylation is 2. The Bertz CT molecular complexity index is 1090. The molecule has 182 valence electrons. The molecule has 3 rings (SSSR count). The number of benzene rings is 3. The van der Waals surface area contributed by atoms with E-state index >= 15 is 0 Å². The Labute approximate surface area is 202 Å². The van der Waals surface area contributed by atoms with Crippen molar-refractivity contribution in [3.8, 4) is 17.2 Å². The normalized spacial score (nSPS) is 11.5. The number of carbonyl (C=O) groups excluding carboxylic acids is 2. The van der Waals surface area contributed by atoms with Gasteiger partial charge in [-0.3, -0.25) is 14.5 Å². The van der Waals surface area contributed by atoms with Gasteiger partial charge in [-0.25, -0.2) is 4.79 Å². The first-order valence-electron chi connectivity index (χ1n) is 11.1. The molecule has 2 amide bonds. The van der Waals surface area contributed by atoms with E-state index in [4.69, 9.17) is 0 Å². The van der Waals surface area contributed by atoms with E-state index < -0.39 is 23.8 Å². The Kier molecular flexibility index (Phi) is 8.45. The number of rotatable bonds is 10. The van der Waals surface area contributed by atoms with E-state index in [0.29, 0.717) is 5.56 Å². The van der Waals surface area contributed by atoms with Crippen LogP contribution in [-0.2, 0) is 33.6 Å². The van der Waals surface area contributed by atoms with Crippen LogP contribution < -0.4 is 0 Å². The smallest absolute Gasteiger partial charge is 0.327 e. The summed E-state index contributed by atoms with van der Waals surface area (Å²) in [5.41, 5.74) is 2.08. The predicted molar refractivity (Wildman–Crippen MR) is 128 cm³/mol. The summed E-state index contributed by atoms with van der Waals surface area (Å²) in [6, 6.07) is 17.1. The van der Waals surface area contributed by atoms with Gasteiger partial charge in [0.1, 0.15) is 23.3 Å². The van der Waals surface area contributed by atoms with Crippen molar-refractivity contribution in [2.75, 3.05) is 0 Å². The summed E-state index contributed by atoms with van der Waals surface area (Å²) in [5.74, 6) is -2.33. The van der Waals surface area contributed by atoms with Crippen molar-refractivity contribution >= 4 is 17.8 Å². The monoisotopic (exact) mass is 477 g/mol. The summed E-state index contributed by atoms with van der Waals surface area (Å²) in [4.78, 5) is 39.4. The van der Waals surface area contributed by atoms with E-state index in [2.05, 4.69) is 0 Å². The van der Waals surface area contributed by atoms with Gasteiger partial charge in [-0.1, -0.05) is 36.4 Å². The lowest BCUT2D eigenvalue weighted by molar-refractivity contribution is -0.158.